The summed E-state index contributed by atoms with van der Waals surface area (Å²) in [6.07, 6.45) is 2.59. The van der Waals surface area contributed by atoms with Crippen LogP contribution in [0, 0.1) is 5.82 Å². The molecule has 3 aliphatic heterocycles. The molecule has 0 N–H and O–H groups in total. The van der Waals surface area contributed by atoms with E-state index in [1.807, 2.05) is 7.05 Å². The molecule has 0 bridgehead atoms. The summed E-state index contributed by atoms with van der Waals surface area (Å²) in [4.78, 5) is 46.6. The molecule has 1 atom stereocenters. The van der Waals surface area contributed by atoms with Crippen LogP contribution in [0.1, 0.15) is 32.1 Å². The Labute approximate surface area is 273 Å². The highest BCUT2D eigenvalue weighted by Gasteiger charge is 2.42. The van der Waals surface area contributed by atoms with E-state index in [4.69, 9.17) is 11.6 Å². The Morgan fingerprint density at radius 3 is 2.35 bits per heavy atom. The second-order valence-electron chi connectivity index (χ2n) is 12.2. The number of carbonyl (C=O) groups is 3. The van der Waals surface area contributed by atoms with Gasteiger partial charge in [-0.1, -0.05) is 23.7 Å². The first-order chi connectivity index (χ1) is 22.0. The molecule has 6 rings (SSSR count). The largest absolute Gasteiger partial charge is 0.339 e. The van der Waals surface area contributed by atoms with Gasteiger partial charge in [-0.2, -0.15) is 4.31 Å². The number of nitrogens with zero attached hydrogens (tertiary/aromatic N) is 5. The molecule has 10 nitrogen and oxygen atoms in total. The summed E-state index contributed by atoms with van der Waals surface area (Å²) >= 11 is 6.13. The number of benzene rings is 3. The van der Waals surface area contributed by atoms with Gasteiger partial charge in [0.2, 0.25) is 27.7 Å². The van der Waals surface area contributed by atoms with Crippen molar-refractivity contribution in [3.05, 3.63) is 65.4 Å². The number of sulfonamides is 1. The standard InChI is InChI=1S/C33H37ClFN5O5S/c1-36-15-17-37(18-16-36)32(42)22-40(46(44,45)27-11-8-23-19-25(34)9-7-24(23)20-27)30-5-4-14-39(33(30)43)29-12-10-26(21-28(29)35)38-13-3-2-6-31(38)41/h7-12,19-21,30H,2-6,13-18,22H2,1H3. The number of likely N-dealkylation sites (N-methyl/N-ethyl adjacent to an activating group) is 1. The number of carbonyl (C=O) groups excluding carboxylic acids is 3. The Morgan fingerprint density at radius 1 is 0.891 bits per heavy atom. The minimum atomic E-state index is -4.37. The lowest BCUT2D eigenvalue weighted by Gasteiger charge is -2.39. The maximum atomic E-state index is 15.6. The van der Waals surface area contributed by atoms with E-state index in [2.05, 4.69) is 4.90 Å². The van der Waals surface area contributed by atoms with Crippen LogP contribution in [0.25, 0.3) is 10.8 Å². The van der Waals surface area contributed by atoms with Gasteiger partial charge in [-0.15, -0.1) is 0 Å². The lowest BCUT2D eigenvalue weighted by molar-refractivity contribution is -0.134. The van der Waals surface area contributed by atoms with Gasteiger partial charge in [0, 0.05) is 56.4 Å². The molecule has 0 aliphatic carbocycles. The maximum Gasteiger partial charge on any atom is 0.245 e. The van der Waals surface area contributed by atoms with Gasteiger partial charge in [0.15, 0.2) is 0 Å². The fraction of sp³-hybridized carbons (Fsp3) is 0.424. The first-order valence-electron chi connectivity index (χ1n) is 15.6. The summed E-state index contributed by atoms with van der Waals surface area (Å²) in [7, 11) is -2.41. The Morgan fingerprint density at radius 2 is 1.61 bits per heavy atom. The van der Waals surface area contributed by atoms with E-state index in [0.717, 1.165) is 22.5 Å². The molecular formula is C33H37ClFN5O5S. The Bertz CT molecular complexity index is 1780. The van der Waals surface area contributed by atoms with Gasteiger partial charge in [-0.25, -0.2) is 12.8 Å². The first-order valence-corrected chi connectivity index (χ1v) is 17.4. The van der Waals surface area contributed by atoms with E-state index in [1.165, 1.54) is 29.2 Å². The van der Waals surface area contributed by atoms with Crippen LogP contribution in [0.2, 0.25) is 5.02 Å². The van der Waals surface area contributed by atoms with Crippen LogP contribution in [-0.4, -0.2) is 99.1 Å². The average Bonchev–Trinajstić information content (AvgIpc) is 3.04. The monoisotopic (exact) mass is 669 g/mol. The second-order valence-corrected chi connectivity index (χ2v) is 14.5. The van der Waals surface area contributed by atoms with Gasteiger partial charge in [0.05, 0.1) is 17.1 Å². The number of anilines is 2. The number of hydrogen-bond donors (Lipinski definition) is 0. The SMILES string of the molecule is CN1CCN(C(=O)CN(C2CCCN(c3ccc(N4CCCCC4=O)cc3F)C2=O)S(=O)(=O)c2ccc3cc(Cl)ccc3c2)CC1. The van der Waals surface area contributed by atoms with Gasteiger partial charge in [-0.3, -0.25) is 14.4 Å². The zero-order valence-electron chi connectivity index (χ0n) is 25.7. The van der Waals surface area contributed by atoms with Crippen LogP contribution in [0.3, 0.4) is 0 Å². The van der Waals surface area contributed by atoms with Gasteiger partial charge in [-0.05, 0) is 86.0 Å². The maximum absolute atomic E-state index is 15.6. The Kier molecular flexibility index (Phi) is 9.33. The number of piperidine rings is 2. The molecular weight excluding hydrogens is 633 g/mol. The van der Waals surface area contributed by atoms with Crippen molar-refractivity contribution in [2.24, 2.45) is 0 Å². The van der Waals surface area contributed by atoms with E-state index in [0.29, 0.717) is 61.7 Å². The fourth-order valence-electron chi connectivity index (χ4n) is 6.47. The molecule has 13 heteroatoms. The van der Waals surface area contributed by atoms with Crippen LogP contribution in [-0.2, 0) is 24.4 Å². The molecule has 0 spiro atoms. The number of fused-ring (bicyclic) bond motifs is 1. The summed E-state index contributed by atoms with van der Waals surface area (Å²) in [5, 5.41) is 1.90. The molecule has 3 amide bonds. The molecule has 0 saturated carbocycles. The van der Waals surface area contributed by atoms with Crippen LogP contribution in [0.15, 0.2) is 59.5 Å². The molecule has 3 aliphatic rings. The molecule has 46 heavy (non-hydrogen) atoms. The van der Waals surface area contributed by atoms with E-state index >= 15 is 4.39 Å². The van der Waals surface area contributed by atoms with E-state index in [9.17, 15) is 22.8 Å². The molecule has 0 aromatic heterocycles. The molecule has 3 aromatic rings. The lowest BCUT2D eigenvalue weighted by Crippen LogP contribution is -2.57. The van der Waals surface area contributed by atoms with Crippen molar-refractivity contribution in [3.63, 3.8) is 0 Å². The van der Waals surface area contributed by atoms with E-state index in [1.54, 1.807) is 40.1 Å². The zero-order chi connectivity index (χ0) is 32.6. The molecule has 0 radical (unpaired) electrons. The van der Waals surface area contributed by atoms with E-state index < -0.39 is 40.2 Å². The first kappa shape index (κ1) is 32.4. The van der Waals surface area contributed by atoms with Crippen molar-refractivity contribution in [2.75, 3.05) is 62.7 Å². The van der Waals surface area contributed by atoms with Crippen LogP contribution < -0.4 is 9.80 Å². The van der Waals surface area contributed by atoms with Crippen LogP contribution in [0.4, 0.5) is 15.8 Å². The normalized spacial score (nSPS) is 20.2. The van der Waals surface area contributed by atoms with Gasteiger partial charge >= 0.3 is 0 Å². The zero-order valence-corrected chi connectivity index (χ0v) is 27.3. The van der Waals surface area contributed by atoms with Crippen molar-refractivity contribution < 1.29 is 27.2 Å². The van der Waals surface area contributed by atoms with Crippen molar-refractivity contribution in [3.8, 4) is 0 Å². The number of rotatable bonds is 7. The molecule has 3 saturated heterocycles. The minimum absolute atomic E-state index is 0.00762. The summed E-state index contributed by atoms with van der Waals surface area (Å²) in [6.45, 7) is 2.36. The van der Waals surface area contributed by atoms with Gasteiger partial charge in [0.25, 0.3) is 0 Å². The summed E-state index contributed by atoms with van der Waals surface area (Å²) in [5.41, 5.74) is 0.430. The average molecular weight is 670 g/mol. The summed E-state index contributed by atoms with van der Waals surface area (Å²) in [5.74, 6) is -1.75. The third-order valence-electron chi connectivity index (χ3n) is 9.14. The van der Waals surface area contributed by atoms with Crippen molar-refractivity contribution in [1.29, 1.82) is 0 Å². The number of amides is 3. The number of hydrogen-bond acceptors (Lipinski definition) is 6. The highest BCUT2D eigenvalue weighted by atomic mass is 35.5. The number of piperazine rings is 1. The van der Waals surface area contributed by atoms with Crippen LogP contribution in [0.5, 0.6) is 0 Å². The molecule has 244 valence electrons. The van der Waals surface area contributed by atoms with E-state index in [-0.39, 0.29) is 29.5 Å². The predicted molar refractivity (Wildman–Crippen MR) is 175 cm³/mol. The third-order valence-corrected chi connectivity index (χ3v) is 11.2. The minimum Gasteiger partial charge on any atom is -0.339 e. The molecule has 3 heterocycles. The molecule has 1 unspecified atom stereocenters. The summed E-state index contributed by atoms with van der Waals surface area (Å²) < 4.78 is 45.4. The van der Waals surface area contributed by atoms with Gasteiger partial charge in [0.1, 0.15) is 11.9 Å². The molecule has 3 fully saturated rings. The smallest absolute Gasteiger partial charge is 0.245 e. The lowest BCUT2D eigenvalue weighted by atomic mass is 10.0. The fourth-order valence-corrected chi connectivity index (χ4v) is 8.24. The van der Waals surface area contributed by atoms with Gasteiger partial charge < -0.3 is 19.6 Å². The highest BCUT2D eigenvalue weighted by molar-refractivity contribution is 7.89. The van der Waals surface area contributed by atoms with Crippen molar-refractivity contribution in [2.45, 2.75) is 43.0 Å². The second kappa shape index (κ2) is 13.3. The quantitative estimate of drug-likeness (QED) is 0.376. The number of halogens is 2. The third kappa shape index (κ3) is 6.48. The van der Waals surface area contributed by atoms with Crippen molar-refractivity contribution in [1.82, 2.24) is 14.1 Å². The predicted octanol–water partition coefficient (Wildman–Crippen LogP) is 4.11. The highest BCUT2D eigenvalue weighted by Crippen LogP contribution is 2.33. The Balaban J connectivity index is 1.33. The van der Waals surface area contributed by atoms with Crippen molar-refractivity contribution >= 4 is 61.5 Å². The summed E-state index contributed by atoms with van der Waals surface area (Å²) in [6, 6.07) is 12.8. The van der Waals surface area contributed by atoms with Crippen LogP contribution >= 0.6 is 11.6 Å². The topological polar surface area (TPSA) is 102 Å². The molecule has 3 aromatic carbocycles. The Hall–Kier alpha value is -3.58.